The molecule has 3 aromatic rings. The molecule has 0 saturated heterocycles. The topological polar surface area (TPSA) is 52.8 Å². The van der Waals surface area contributed by atoms with Crippen molar-refractivity contribution >= 4 is 23.3 Å². The zero-order chi connectivity index (χ0) is 15.4. The maximum absolute atomic E-state index is 5.84. The lowest BCUT2D eigenvalue weighted by Crippen LogP contribution is -2.31. The molecule has 1 aromatic heterocycles. The van der Waals surface area contributed by atoms with Gasteiger partial charge in [-0.05, 0) is 36.8 Å². The van der Waals surface area contributed by atoms with Crippen LogP contribution in [0.5, 0.6) is 5.75 Å². The van der Waals surface area contributed by atoms with Gasteiger partial charge in [0.05, 0.1) is 11.0 Å². The van der Waals surface area contributed by atoms with Crippen molar-refractivity contribution < 1.29 is 4.74 Å². The summed E-state index contributed by atoms with van der Waals surface area (Å²) in [5.74, 6) is 0.839. The van der Waals surface area contributed by atoms with Crippen LogP contribution in [0.25, 0.3) is 11.0 Å². The summed E-state index contributed by atoms with van der Waals surface area (Å²) in [4.78, 5) is 6.18. The Kier molecular flexibility index (Phi) is 4.56. The molecular weight excluding hydrogens is 294 g/mol. The molecule has 0 bridgehead atoms. The quantitative estimate of drug-likeness (QED) is 0.607. The summed E-state index contributed by atoms with van der Waals surface area (Å²) in [6.07, 6.45) is 0. The fourth-order valence-electron chi connectivity index (χ4n) is 2.27. The Balaban J connectivity index is 1.53. The van der Waals surface area contributed by atoms with Gasteiger partial charge in [0.2, 0.25) is 0 Å². The lowest BCUT2D eigenvalue weighted by molar-refractivity contribution is 0.273. The first-order valence-electron chi connectivity index (χ1n) is 7.33. The van der Waals surface area contributed by atoms with E-state index in [1.165, 1.54) is 5.56 Å². The number of hydrogen-bond donors (Lipinski definition) is 3. The van der Waals surface area contributed by atoms with Crippen LogP contribution in [-0.4, -0.2) is 22.6 Å². The van der Waals surface area contributed by atoms with E-state index in [9.17, 15) is 0 Å². The summed E-state index contributed by atoms with van der Waals surface area (Å²) >= 11 is 5.08. The normalized spacial score (nSPS) is 12.4. The van der Waals surface area contributed by atoms with E-state index in [2.05, 4.69) is 34.3 Å². The minimum atomic E-state index is 0.264. The highest BCUT2D eigenvalue weighted by molar-refractivity contribution is 7.71. The molecule has 0 saturated carbocycles. The number of aromatic nitrogens is 2. The molecule has 4 nitrogen and oxygen atoms in total. The van der Waals surface area contributed by atoms with Gasteiger partial charge in [0.15, 0.2) is 4.77 Å². The number of imidazole rings is 1. The SMILES string of the molecule is CC(COc1ccc2[nH]c(=S)[nH]c2c1)NCc1ccccc1. The minimum absolute atomic E-state index is 0.264. The van der Waals surface area contributed by atoms with Crippen molar-refractivity contribution in [3.05, 3.63) is 58.9 Å². The van der Waals surface area contributed by atoms with E-state index in [0.717, 1.165) is 23.3 Å². The Morgan fingerprint density at radius 2 is 1.86 bits per heavy atom. The monoisotopic (exact) mass is 313 g/mol. The number of aromatic amines is 2. The maximum Gasteiger partial charge on any atom is 0.175 e. The van der Waals surface area contributed by atoms with Crippen LogP contribution in [0.1, 0.15) is 12.5 Å². The van der Waals surface area contributed by atoms with Crippen molar-refractivity contribution in [3.63, 3.8) is 0 Å². The van der Waals surface area contributed by atoms with Crippen molar-refractivity contribution in [2.75, 3.05) is 6.61 Å². The van der Waals surface area contributed by atoms with E-state index in [1.54, 1.807) is 0 Å². The Bertz CT molecular complexity index is 794. The van der Waals surface area contributed by atoms with E-state index >= 15 is 0 Å². The second-order valence-corrected chi connectivity index (χ2v) is 5.77. The highest BCUT2D eigenvalue weighted by Crippen LogP contribution is 2.18. The van der Waals surface area contributed by atoms with Gasteiger partial charge in [0, 0.05) is 18.7 Å². The number of H-pyrrole nitrogens is 2. The molecule has 0 fully saturated rings. The Hall–Kier alpha value is -2.11. The first-order valence-corrected chi connectivity index (χ1v) is 7.74. The first kappa shape index (κ1) is 14.8. The number of ether oxygens (including phenoxy) is 1. The van der Waals surface area contributed by atoms with Crippen LogP contribution in [0.4, 0.5) is 0 Å². The molecule has 114 valence electrons. The van der Waals surface area contributed by atoms with Crippen LogP contribution in [-0.2, 0) is 6.54 Å². The number of hydrogen-bond acceptors (Lipinski definition) is 3. The fraction of sp³-hybridized carbons (Fsp3) is 0.235. The predicted molar refractivity (Wildman–Crippen MR) is 91.7 cm³/mol. The van der Waals surface area contributed by atoms with Crippen molar-refractivity contribution in [2.24, 2.45) is 0 Å². The summed E-state index contributed by atoms with van der Waals surface area (Å²) in [7, 11) is 0. The fourth-order valence-corrected chi connectivity index (χ4v) is 2.49. The highest BCUT2D eigenvalue weighted by atomic mass is 32.1. The molecule has 0 aliphatic rings. The van der Waals surface area contributed by atoms with E-state index in [1.807, 2.05) is 36.4 Å². The number of rotatable bonds is 6. The van der Waals surface area contributed by atoms with Crippen LogP contribution in [0.3, 0.4) is 0 Å². The summed E-state index contributed by atoms with van der Waals surface area (Å²) in [6.45, 7) is 3.57. The molecule has 1 heterocycles. The number of nitrogens with one attached hydrogen (secondary N) is 3. The molecule has 22 heavy (non-hydrogen) atoms. The van der Waals surface area contributed by atoms with Gasteiger partial charge >= 0.3 is 0 Å². The molecule has 0 radical (unpaired) electrons. The molecule has 3 rings (SSSR count). The highest BCUT2D eigenvalue weighted by Gasteiger charge is 2.04. The van der Waals surface area contributed by atoms with Crippen molar-refractivity contribution in [3.8, 4) is 5.75 Å². The van der Waals surface area contributed by atoms with Crippen molar-refractivity contribution in [2.45, 2.75) is 19.5 Å². The molecule has 0 aliphatic heterocycles. The third-order valence-electron chi connectivity index (χ3n) is 3.48. The molecular formula is C17H19N3OS. The molecule has 1 atom stereocenters. The van der Waals surface area contributed by atoms with Crippen LogP contribution in [0.15, 0.2) is 48.5 Å². The predicted octanol–water partition coefficient (Wildman–Crippen LogP) is 3.78. The van der Waals surface area contributed by atoms with Gasteiger partial charge in [-0.15, -0.1) is 0 Å². The standard InChI is InChI=1S/C17H19N3OS/c1-12(18-10-13-5-3-2-4-6-13)11-21-14-7-8-15-16(9-14)20-17(22)19-15/h2-9,12,18H,10-11H2,1H3,(H2,19,20,22). The molecule has 0 spiro atoms. The lowest BCUT2D eigenvalue weighted by atomic mass is 10.2. The smallest absolute Gasteiger partial charge is 0.175 e. The zero-order valence-electron chi connectivity index (χ0n) is 12.4. The molecule has 2 aromatic carbocycles. The number of fused-ring (bicyclic) bond motifs is 1. The van der Waals surface area contributed by atoms with Gasteiger partial charge in [0.25, 0.3) is 0 Å². The third kappa shape index (κ3) is 3.75. The van der Waals surface area contributed by atoms with Crippen LogP contribution < -0.4 is 10.1 Å². The van der Waals surface area contributed by atoms with E-state index in [4.69, 9.17) is 17.0 Å². The second-order valence-electron chi connectivity index (χ2n) is 5.37. The van der Waals surface area contributed by atoms with Gasteiger partial charge in [-0.25, -0.2) is 0 Å². The van der Waals surface area contributed by atoms with Crippen molar-refractivity contribution in [1.29, 1.82) is 0 Å². The Labute approximate surface area is 134 Å². The molecule has 3 N–H and O–H groups in total. The minimum Gasteiger partial charge on any atom is -0.492 e. The average molecular weight is 313 g/mol. The van der Waals surface area contributed by atoms with Crippen LogP contribution in [0, 0.1) is 4.77 Å². The summed E-state index contributed by atoms with van der Waals surface area (Å²) < 4.78 is 6.47. The molecule has 5 heteroatoms. The van der Waals surface area contributed by atoms with E-state index in [-0.39, 0.29) is 6.04 Å². The second kappa shape index (κ2) is 6.77. The first-order chi connectivity index (χ1) is 10.7. The Morgan fingerprint density at radius 3 is 2.68 bits per heavy atom. The van der Waals surface area contributed by atoms with Gasteiger partial charge in [-0.2, -0.15) is 0 Å². The van der Waals surface area contributed by atoms with Gasteiger partial charge in [0.1, 0.15) is 12.4 Å². The largest absolute Gasteiger partial charge is 0.492 e. The molecule has 1 unspecified atom stereocenters. The zero-order valence-corrected chi connectivity index (χ0v) is 13.2. The maximum atomic E-state index is 5.84. The summed E-state index contributed by atoms with van der Waals surface area (Å²) in [5.41, 5.74) is 3.23. The van der Waals surface area contributed by atoms with E-state index in [0.29, 0.717) is 11.4 Å². The van der Waals surface area contributed by atoms with Gasteiger partial charge < -0.3 is 20.0 Å². The summed E-state index contributed by atoms with van der Waals surface area (Å²) in [6, 6.07) is 16.5. The van der Waals surface area contributed by atoms with Gasteiger partial charge in [-0.1, -0.05) is 30.3 Å². The van der Waals surface area contributed by atoms with E-state index < -0.39 is 0 Å². The molecule has 0 aliphatic carbocycles. The van der Waals surface area contributed by atoms with Gasteiger partial charge in [-0.3, -0.25) is 0 Å². The third-order valence-corrected chi connectivity index (χ3v) is 3.69. The number of benzene rings is 2. The van der Waals surface area contributed by atoms with Crippen LogP contribution in [0.2, 0.25) is 0 Å². The van der Waals surface area contributed by atoms with Crippen molar-refractivity contribution in [1.82, 2.24) is 15.3 Å². The van der Waals surface area contributed by atoms with Crippen LogP contribution >= 0.6 is 12.2 Å². The molecule has 0 amide bonds. The average Bonchev–Trinajstić information content (AvgIpc) is 2.91. The lowest BCUT2D eigenvalue weighted by Gasteiger charge is -2.15. The summed E-state index contributed by atoms with van der Waals surface area (Å²) in [5, 5.41) is 3.45. The Morgan fingerprint density at radius 1 is 1.09 bits per heavy atom.